The van der Waals surface area contributed by atoms with Crippen molar-refractivity contribution in [3.05, 3.63) is 102 Å². The summed E-state index contributed by atoms with van der Waals surface area (Å²) < 4.78 is 14.7. The SMILES string of the molecule is CC/C(=C(\c1cc[c-]cc1)c1ccc(OCCN(C)C)cc1)c1ccccc1.O=P(O)(O)O.[Na+]. The van der Waals surface area contributed by atoms with Gasteiger partial charge in [0.1, 0.15) is 12.4 Å². The zero-order valence-corrected chi connectivity index (χ0v) is 23.1. The first kappa shape index (κ1) is 30.3. The number of nitrogens with zero attached hydrogens (tertiary/aromatic N) is 1. The van der Waals surface area contributed by atoms with Gasteiger partial charge in [0.05, 0.1) is 0 Å². The maximum atomic E-state index is 8.88. The first-order chi connectivity index (χ1) is 15.7. The molecule has 0 atom stereocenters. The van der Waals surface area contributed by atoms with Crippen LogP contribution in [0.25, 0.3) is 11.1 Å². The molecule has 0 aliphatic heterocycles. The summed E-state index contributed by atoms with van der Waals surface area (Å²) in [4.78, 5) is 23.7. The smallest absolute Gasteiger partial charge is 0.492 e. The van der Waals surface area contributed by atoms with Crippen LogP contribution in [0.5, 0.6) is 5.75 Å². The minimum atomic E-state index is -4.64. The second kappa shape index (κ2) is 15.3. The monoisotopic (exact) mass is 491 g/mol. The van der Waals surface area contributed by atoms with Crippen molar-refractivity contribution in [1.29, 1.82) is 0 Å². The molecule has 0 aliphatic rings. The Hall–Kier alpha value is -1.73. The number of hydrogen-bond donors (Lipinski definition) is 3. The van der Waals surface area contributed by atoms with E-state index in [0.29, 0.717) is 6.61 Å². The normalized spacial score (nSPS) is 11.6. The average molecular weight is 492 g/mol. The van der Waals surface area contributed by atoms with Crippen LogP contribution in [0, 0.1) is 6.07 Å². The van der Waals surface area contributed by atoms with E-state index in [4.69, 9.17) is 24.0 Å². The van der Waals surface area contributed by atoms with E-state index >= 15 is 0 Å². The van der Waals surface area contributed by atoms with Crippen molar-refractivity contribution >= 4 is 19.0 Å². The Morgan fingerprint density at radius 1 is 0.882 bits per heavy atom. The molecular weight excluding hydrogens is 460 g/mol. The van der Waals surface area contributed by atoms with Crippen LogP contribution in [0.2, 0.25) is 0 Å². The Morgan fingerprint density at radius 2 is 1.41 bits per heavy atom. The van der Waals surface area contributed by atoms with E-state index in [1.165, 1.54) is 27.8 Å². The van der Waals surface area contributed by atoms with Crippen LogP contribution in [0.4, 0.5) is 0 Å². The van der Waals surface area contributed by atoms with E-state index in [-0.39, 0.29) is 29.6 Å². The molecule has 0 fully saturated rings. The molecule has 0 heterocycles. The molecule has 0 bridgehead atoms. The zero-order valence-electron chi connectivity index (χ0n) is 20.2. The largest absolute Gasteiger partial charge is 1.00 e. The number of ether oxygens (including phenoxy) is 1. The number of benzene rings is 3. The fraction of sp³-hybridized carbons (Fsp3) is 0.231. The van der Waals surface area contributed by atoms with E-state index < -0.39 is 7.82 Å². The van der Waals surface area contributed by atoms with E-state index in [1.54, 1.807) is 0 Å². The van der Waals surface area contributed by atoms with Crippen LogP contribution in [-0.4, -0.2) is 46.8 Å². The van der Waals surface area contributed by atoms with Crippen LogP contribution in [0.1, 0.15) is 30.0 Å². The fourth-order valence-electron chi connectivity index (χ4n) is 3.30. The van der Waals surface area contributed by atoms with E-state index in [0.717, 1.165) is 18.7 Å². The quantitative estimate of drug-likeness (QED) is 0.193. The van der Waals surface area contributed by atoms with E-state index in [9.17, 15) is 0 Å². The molecule has 0 spiro atoms. The first-order valence-corrected chi connectivity index (χ1v) is 12.2. The first-order valence-electron chi connectivity index (χ1n) is 10.6. The number of allylic oxidation sites excluding steroid dienone is 1. The van der Waals surface area contributed by atoms with Gasteiger partial charge in [0.2, 0.25) is 0 Å². The Balaban J connectivity index is 0.000000873. The molecule has 0 radical (unpaired) electrons. The molecular formula is C26H31NNaO5P. The summed E-state index contributed by atoms with van der Waals surface area (Å²) in [6, 6.07) is 30.5. The molecule has 3 rings (SSSR count). The van der Waals surface area contributed by atoms with Crippen molar-refractivity contribution in [1.82, 2.24) is 4.90 Å². The fourth-order valence-corrected chi connectivity index (χ4v) is 3.30. The van der Waals surface area contributed by atoms with E-state index in [2.05, 4.69) is 98.7 Å². The van der Waals surface area contributed by atoms with Gasteiger partial charge in [-0.3, -0.25) is 0 Å². The molecule has 3 N–H and O–H groups in total. The Morgan fingerprint density at radius 3 is 1.91 bits per heavy atom. The molecule has 0 aromatic heterocycles. The van der Waals surface area contributed by atoms with Gasteiger partial charge >= 0.3 is 37.4 Å². The molecule has 0 saturated heterocycles. The summed E-state index contributed by atoms with van der Waals surface area (Å²) >= 11 is 0. The minimum absolute atomic E-state index is 0. The zero-order chi connectivity index (χ0) is 24.3. The third-order valence-corrected chi connectivity index (χ3v) is 4.73. The van der Waals surface area contributed by atoms with E-state index in [1.807, 2.05) is 12.1 Å². The molecule has 176 valence electrons. The van der Waals surface area contributed by atoms with Crippen LogP contribution in [0.3, 0.4) is 0 Å². The minimum Gasteiger partial charge on any atom is -0.492 e. The molecule has 0 amide bonds. The van der Waals surface area contributed by atoms with Gasteiger partial charge in [0.25, 0.3) is 0 Å². The van der Waals surface area contributed by atoms with Gasteiger partial charge in [0.15, 0.2) is 0 Å². The second-order valence-corrected chi connectivity index (χ2v) is 8.58. The summed E-state index contributed by atoms with van der Waals surface area (Å²) in [5, 5.41) is 0. The number of rotatable bonds is 8. The number of phosphoric acid groups is 1. The van der Waals surface area contributed by atoms with Gasteiger partial charge in [-0.15, -0.1) is 5.56 Å². The van der Waals surface area contributed by atoms with Gasteiger partial charge in [-0.25, -0.2) is 4.57 Å². The topological polar surface area (TPSA) is 90.2 Å². The van der Waals surface area contributed by atoms with Crippen molar-refractivity contribution in [2.45, 2.75) is 13.3 Å². The van der Waals surface area contributed by atoms with Crippen LogP contribution in [0.15, 0.2) is 78.9 Å². The third-order valence-electron chi connectivity index (χ3n) is 4.73. The maximum Gasteiger partial charge on any atom is 1.00 e. The molecule has 34 heavy (non-hydrogen) atoms. The summed E-state index contributed by atoms with van der Waals surface area (Å²) in [5.74, 6) is 0.907. The summed E-state index contributed by atoms with van der Waals surface area (Å²) in [7, 11) is -0.534. The molecule has 0 aliphatic carbocycles. The molecule has 0 unspecified atom stereocenters. The second-order valence-electron chi connectivity index (χ2n) is 7.55. The summed E-state index contributed by atoms with van der Waals surface area (Å²) in [6.07, 6.45) is 0.957. The van der Waals surface area contributed by atoms with Gasteiger partial charge in [-0.1, -0.05) is 49.4 Å². The average Bonchev–Trinajstić information content (AvgIpc) is 2.78. The maximum absolute atomic E-state index is 8.88. The third kappa shape index (κ3) is 11.1. The van der Waals surface area contributed by atoms with Crippen molar-refractivity contribution in [3.63, 3.8) is 0 Å². The van der Waals surface area contributed by atoms with Crippen LogP contribution in [-0.2, 0) is 4.57 Å². The van der Waals surface area contributed by atoms with Crippen LogP contribution >= 0.6 is 7.82 Å². The predicted octanol–water partition coefficient (Wildman–Crippen LogP) is 1.87. The Bertz CT molecular complexity index is 1040. The molecule has 8 heteroatoms. The number of likely N-dealkylation sites (N-methyl/N-ethyl adjacent to an activating group) is 1. The molecule has 3 aromatic carbocycles. The Labute approximate surface area is 224 Å². The molecule has 3 aromatic rings. The van der Waals surface area contributed by atoms with Crippen LogP contribution < -0.4 is 34.3 Å². The predicted molar refractivity (Wildman–Crippen MR) is 133 cm³/mol. The summed E-state index contributed by atoms with van der Waals surface area (Å²) in [5.41, 5.74) is 6.28. The molecule has 6 nitrogen and oxygen atoms in total. The van der Waals surface area contributed by atoms with Crippen molar-refractivity contribution in [3.8, 4) is 5.75 Å². The van der Waals surface area contributed by atoms with Gasteiger partial charge in [-0.05, 0) is 54.9 Å². The van der Waals surface area contributed by atoms with Gasteiger partial charge in [-0.2, -0.15) is 30.3 Å². The van der Waals surface area contributed by atoms with Crippen molar-refractivity contribution in [2.24, 2.45) is 0 Å². The van der Waals surface area contributed by atoms with Crippen molar-refractivity contribution < 1.29 is 53.5 Å². The van der Waals surface area contributed by atoms with Crippen molar-refractivity contribution in [2.75, 3.05) is 27.2 Å². The Kier molecular flexibility index (Phi) is 13.6. The summed E-state index contributed by atoms with van der Waals surface area (Å²) in [6.45, 7) is 3.81. The van der Waals surface area contributed by atoms with Gasteiger partial charge in [0, 0.05) is 6.54 Å². The standard InChI is InChI=1S/C26H28NO.Na.H3O4P/c1-4-25(21-11-7-5-8-12-21)26(22-13-9-6-10-14-22)23-15-17-24(18-16-23)28-20-19-27(2)3;;1-5(2,3)4/h5,7-18H,4,19-20H2,1-3H3;;(H3,1,2,3,4)/q-1;+1;/b26-25-;;. The molecule has 0 saturated carbocycles. The van der Waals surface area contributed by atoms with Gasteiger partial charge < -0.3 is 24.3 Å². The number of hydrogen-bond acceptors (Lipinski definition) is 3.